The molecule has 0 aromatic carbocycles. The van der Waals surface area contributed by atoms with Gasteiger partial charge in [0.15, 0.2) is 11.6 Å². The van der Waals surface area contributed by atoms with Gasteiger partial charge in [0.1, 0.15) is 9.93 Å². The van der Waals surface area contributed by atoms with Crippen molar-refractivity contribution in [1.82, 2.24) is 0 Å². The smallest absolute Gasteiger partial charge is 0.273 e. The predicted octanol–water partition coefficient (Wildman–Crippen LogP) is 2.84. The lowest BCUT2D eigenvalue weighted by atomic mass is 9.62. The highest BCUT2D eigenvalue weighted by Gasteiger charge is 2.73. The number of carbonyl (C=O) groups is 1. The van der Waals surface area contributed by atoms with Crippen molar-refractivity contribution in [3.05, 3.63) is 11.6 Å². The van der Waals surface area contributed by atoms with Crippen molar-refractivity contribution >= 4 is 21.7 Å². The zero-order chi connectivity index (χ0) is 21.2. The third-order valence-corrected chi connectivity index (χ3v) is 10.8. The van der Waals surface area contributed by atoms with E-state index in [1.807, 2.05) is 0 Å². The lowest BCUT2D eigenvalue weighted by Crippen LogP contribution is -2.66. The molecule has 4 aliphatic carbocycles. The number of carbonyl (C=O) groups excluding carboxylic acids is 1. The Kier molecular flexibility index (Phi) is 4.01. The lowest BCUT2D eigenvalue weighted by molar-refractivity contribution is -0.442. The molecule has 0 aromatic rings. The van der Waals surface area contributed by atoms with Gasteiger partial charge in [-0.1, -0.05) is 28.9 Å². The average Bonchev–Trinajstić information content (AvgIpc) is 3.32. The van der Waals surface area contributed by atoms with Crippen molar-refractivity contribution in [2.75, 3.05) is 20.3 Å². The molecule has 31 heavy (non-hydrogen) atoms. The second-order valence-corrected chi connectivity index (χ2v) is 11.8. The van der Waals surface area contributed by atoms with E-state index < -0.39 is 27.8 Å². The van der Waals surface area contributed by atoms with Crippen LogP contribution in [-0.4, -0.2) is 66.1 Å². The third kappa shape index (κ3) is 2.24. The SMILES string of the molecule is COC12CC(=O)[C@]3(Br)C=C4C5OC6OC(CC4(CC[C@H]3[C@@H]1CCC21OCCO1)O6)C5C. The summed E-state index contributed by atoms with van der Waals surface area (Å²) >= 11 is 3.98. The fourth-order valence-corrected chi connectivity index (χ4v) is 9.01. The third-order valence-electron chi connectivity index (χ3n) is 9.54. The number of hydrogen-bond donors (Lipinski definition) is 0. The maximum Gasteiger partial charge on any atom is 0.273 e. The molecule has 4 bridgehead atoms. The summed E-state index contributed by atoms with van der Waals surface area (Å²) in [4.78, 5) is 13.9. The van der Waals surface area contributed by atoms with Crippen LogP contribution < -0.4 is 0 Å². The highest BCUT2D eigenvalue weighted by atomic mass is 79.9. The van der Waals surface area contributed by atoms with Crippen molar-refractivity contribution < 1.29 is 33.2 Å². The summed E-state index contributed by atoms with van der Waals surface area (Å²) in [6.07, 6.45) is 6.77. The molecule has 7 nitrogen and oxygen atoms in total. The Labute approximate surface area is 190 Å². The molecule has 8 aliphatic rings. The van der Waals surface area contributed by atoms with E-state index in [4.69, 9.17) is 28.4 Å². The summed E-state index contributed by atoms with van der Waals surface area (Å²) in [5.74, 6) is -0.187. The molecule has 4 aliphatic heterocycles. The van der Waals surface area contributed by atoms with Crippen LogP contribution >= 0.6 is 15.9 Å². The molecule has 2 spiro atoms. The number of rotatable bonds is 1. The number of halogens is 1. The maximum absolute atomic E-state index is 13.9. The molecule has 0 aromatic heterocycles. The molecule has 9 atom stereocenters. The van der Waals surface area contributed by atoms with Gasteiger partial charge in [-0.2, -0.15) is 0 Å². The van der Waals surface area contributed by atoms with Crippen LogP contribution in [0.25, 0.3) is 0 Å². The molecule has 0 amide bonds. The van der Waals surface area contributed by atoms with Gasteiger partial charge in [0.05, 0.1) is 31.0 Å². The lowest BCUT2D eigenvalue weighted by Gasteiger charge is -2.59. The van der Waals surface area contributed by atoms with Gasteiger partial charge in [0.2, 0.25) is 0 Å². The molecule has 170 valence electrons. The molecule has 4 saturated heterocycles. The number of ether oxygens (including phenoxy) is 6. The van der Waals surface area contributed by atoms with Crippen LogP contribution in [0.2, 0.25) is 0 Å². The zero-order valence-corrected chi connectivity index (χ0v) is 19.5. The number of allylic oxidation sites excluding steroid dienone is 1. The van der Waals surface area contributed by atoms with E-state index in [0.717, 1.165) is 37.7 Å². The van der Waals surface area contributed by atoms with Crippen LogP contribution in [0.3, 0.4) is 0 Å². The van der Waals surface area contributed by atoms with Crippen molar-refractivity contribution in [2.45, 2.75) is 85.4 Å². The van der Waals surface area contributed by atoms with Crippen LogP contribution in [0.1, 0.15) is 45.4 Å². The Hall–Kier alpha value is -0.350. The Bertz CT molecular complexity index is 870. The zero-order valence-electron chi connectivity index (χ0n) is 17.9. The summed E-state index contributed by atoms with van der Waals surface area (Å²) in [6, 6.07) is 0. The summed E-state index contributed by atoms with van der Waals surface area (Å²) in [5, 5.41) is 0. The second kappa shape index (κ2) is 6.20. The van der Waals surface area contributed by atoms with Crippen LogP contribution in [0.5, 0.6) is 0 Å². The van der Waals surface area contributed by atoms with Gasteiger partial charge < -0.3 is 28.4 Å². The van der Waals surface area contributed by atoms with E-state index in [0.29, 0.717) is 13.2 Å². The standard InChI is InChI=1S/C23H29BrO7/c1-12-16-10-20-5-3-13-14-4-6-23(27-7-8-28-23)22(14,26-2)11-17(25)21(13,24)9-15(20)18(12)30-19(29-16)31-20/h9,12-14,16,18-19H,3-8,10-11H2,1-2H3/t12?,13-,14-,16?,18?,19?,20?,21-,22?/m0/s1. The molecular formula is C23H29BrO7. The first-order valence-electron chi connectivity index (χ1n) is 11.6. The maximum atomic E-state index is 13.9. The van der Waals surface area contributed by atoms with Gasteiger partial charge in [0.25, 0.3) is 6.48 Å². The van der Waals surface area contributed by atoms with Crippen molar-refractivity contribution in [1.29, 1.82) is 0 Å². The molecule has 3 saturated carbocycles. The number of methoxy groups -OCH3 is 1. The summed E-state index contributed by atoms with van der Waals surface area (Å²) in [5.41, 5.74) is 0.00183. The van der Waals surface area contributed by atoms with Gasteiger partial charge in [-0.3, -0.25) is 4.79 Å². The number of alkyl halides is 1. The van der Waals surface area contributed by atoms with E-state index in [1.54, 1.807) is 7.11 Å². The van der Waals surface area contributed by atoms with E-state index in [9.17, 15) is 4.79 Å². The van der Waals surface area contributed by atoms with E-state index in [1.165, 1.54) is 0 Å². The molecule has 0 radical (unpaired) electrons. The number of fused-ring (bicyclic) bond motifs is 4. The number of Topliss-reactive ketones (excluding diaryl/α,β-unsaturated/α-hetero) is 1. The van der Waals surface area contributed by atoms with Crippen LogP contribution in [-0.2, 0) is 33.2 Å². The van der Waals surface area contributed by atoms with Crippen molar-refractivity contribution in [3.8, 4) is 0 Å². The Morgan fingerprint density at radius 2 is 1.90 bits per heavy atom. The summed E-state index contributed by atoms with van der Waals surface area (Å²) in [6.45, 7) is 2.69. The summed E-state index contributed by atoms with van der Waals surface area (Å²) in [7, 11) is 1.71. The molecule has 7 fully saturated rings. The quantitative estimate of drug-likeness (QED) is 0.408. The van der Waals surface area contributed by atoms with Gasteiger partial charge in [-0.25, -0.2) is 0 Å². The fraction of sp³-hybridized carbons (Fsp3) is 0.870. The predicted molar refractivity (Wildman–Crippen MR) is 110 cm³/mol. The van der Waals surface area contributed by atoms with Gasteiger partial charge >= 0.3 is 0 Å². The molecule has 0 N–H and O–H groups in total. The largest absolute Gasteiger partial charge is 0.372 e. The van der Waals surface area contributed by atoms with Gasteiger partial charge in [-0.15, -0.1) is 0 Å². The van der Waals surface area contributed by atoms with Gasteiger partial charge in [-0.05, 0) is 36.7 Å². The molecule has 8 rings (SSSR count). The molecule has 4 heterocycles. The minimum Gasteiger partial charge on any atom is -0.372 e. The minimum atomic E-state index is -0.805. The molecule has 8 heteroatoms. The Morgan fingerprint density at radius 1 is 1.13 bits per heavy atom. The van der Waals surface area contributed by atoms with Crippen LogP contribution in [0.15, 0.2) is 11.6 Å². The summed E-state index contributed by atoms with van der Waals surface area (Å²) < 4.78 is 36.2. The van der Waals surface area contributed by atoms with Crippen molar-refractivity contribution in [2.24, 2.45) is 17.8 Å². The van der Waals surface area contributed by atoms with Crippen LogP contribution in [0.4, 0.5) is 0 Å². The highest BCUT2D eigenvalue weighted by Crippen LogP contribution is 2.65. The van der Waals surface area contributed by atoms with E-state index in [-0.39, 0.29) is 42.2 Å². The Morgan fingerprint density at radius 3 is 2.68 bits per heavy atom. The van der Waals surface area contributed by atoms with Crippen LogP contribution in [0, 0.1) is 17.8 Å². The van der Waals surface area contributed by atoms with E-state index in [2.05, 4.69) is 28.9 Å². The number of ketones is 1. The number of hydrogen-bond acceptors (Lipinski definition) is 7. The highest BCUT2D eigenvalue weighted by molar-refractivity contribution is 9.10. The Balaban J connectivity index is 1.34. The average molecular weight is 497 g/mol. The van der Waals surface area contributed by atoms with Crippen molar-refractivity contribution in [3.63, 3.8) is 0 Å². The fourth-order valence-electron chi connectivity index (χ4n) is 8.08. The monoisotopic (exact) mass is 496 g/mol. The molecule has 6 unspecified atom stereocenters. The molecular weight excluding hydrogens is 468 g/mol. The first-order valence-corrected chi connectivity index (χ1v) is 12.4. The second-order valence-electron chi connectivity index (χ2n) is 10.5. The first-order chi connectivity index (χ1) is 14.9. The minimum absolute atomic E-state index is 0.0576. The topological polar surface area (TPSA) is 72.5 Å². The van der Waals surface area contributed by atoms with Gasteiger partial charge in [0, 0.05) is 32.3 Å². The van der Waals surface area contributed by atoms with E-state index >= 15 is 0 Å². The normalized spacial score (nSPS) is 56.2. The first kappa shape index (κ1) is 20.1.